The van der Waals surface area contributed by atoms with Crippen molar-refractivity contribution in [3.63, 3.8) is 0 Å². The van der Waals surface area contributed by atoms with Crippen LogP contribution in [0.2, 0.25) is 0 Å². The van der Waals surface area contributed by atoms with E-state index in [-0.39, 0.29) is 22.3 Å². The van der Waals surface area contributed by atoms with Gasteiger partial charge in [-0.15, -0.1) is 10.2 Å². The molecule has 0 aromatic carbocycles. The molecule has 8 heteroatoms. The zero-order valence-corrected chi connectivity index (χ0v) is 6.47. The van der Waals surface area contributed by atoms with Crippen LogP contribution in [0.5, 0.6) is 0 Å². The second-order valence-electron chi connectivity index (χ2n) is 1.82. The lowest BCUT2D eigenvalue weighted by molar-refractivity contribution is 0.700. The molecule has 0 amide bonds. The van der Waals surface area contributed by atoms with Gasteiger partial charge in [0.1, 0.15) is 23.9 Å². The number of aromatic nitrogens is 3. The molecular weight excluding hydrogens is 180 g/mol. The minimum absolute atomic E-state index is 0.0838. The molecule has 2 rings (SSSR count). The van der Waals surface area contributed by atoms with Crippen molar-refractivity contribution >= 4 is 22.3 Å². The van der Waals surface area contributed by atoms with Gasteiger partial charge in [-0.05, 0) is 0 Å². The van der Waals surface area contributed by atoms with E-state index >= 15 is 0 Å². The average Bonchev–Trinajstić information content (AvgIpc) is 2.75. The maximum absolute atomic E-state index is 10.2. The third-order valence-electron chi connectivity index (χ3n) is 1.12. The number of nitrogens with zero attached hydrogens (tertiary/aromatic N) is 6. The molecule has 12 heavy (non-hydrogen) atoms. The largest absolute Gasteiger partial charge is 0.274 e. The normalized spacial score (nSPS) is 15.0. The van der Waals surface area contributed by atoms with Crippen molar-refractivity contribution < 1.29 is 4.21 Å². The minimum atomic E-state index is 0.0838. The molecule has 7 nitrogen and oxygen atoms in total. The predicted molar refractivity (Wildman–Crippen MR) is 40.9 cm³/mol. The maximum atomic E-state index is 10.2. The molecule has 0 bridgehead atoms. The van der Waals surface area contributed by atoms with Crippen LogP contribution in [-0.4, -0.2) is 30.0 Å². The highest BCUT2D eigenvalue weighted by Crippen LogP contribution is 1.98. The van der Waals surface area contributed by atoms with Crippen LogP contribution >= 0.6 is 0 Å². The van der Waals surface area contributed by atoms with E-state index in [9.17, 15) is 4.21 Å². The van der Waals surface area contributed by atoms with E-state index in [1.54, 1.807) is 0 Å². The third kappa shape index (κ3) is 1.07. The number of rotatable bonds is 0. The highest BCUT2D eigenvalue weighted by molar-refractivity contribution is 7.66. The lowest BCUT2D eigenvalue weighted by Crippen LogP contribution is -2.07. The molecule has 0 spiro atoms. The van der Waals surface area contributed by atoms with E-state index in [1.807, 2.05) is 0 Å². The van der Waals surface area contributed by atoms with Gasteiger partial charge in [-0.25, -0.2) is 9.19 Å². The van der Waals surface area contributed by atoms with Crippen molar-refractivity contribution in [3.05, 3.63) is 12.7 Å². The van der Waals surface area contributed by atoms with Gasteiger partial charge in [0.25, 0.3) is 11.1 Å². The fourth-order valence-corrected chi connectivity index (χ4v) is 0.855. The summed E-state index contributed by atoms with van der Waals surface area (Å²) in [4.78, 5) is 7.45. The lowest BCUT2D eigenvalue weighted by atomic mass is 11.0. The van der Waals surface area contributed by atoms with Gasteiger partial charge in [-0.3, -0.25) is 0 Å². The molecule has 60 valence electrons. The van der Waals surface area contributed by atoms with Gasteiger partial charge in [0, 0.05) is 0 Å². The molecule has 2 heterocycles. The molecule has 0 saturated heterocycles. The molecule has 0 atom stereocenters. The Labute approximate surface area is 69.9 Å². The Hall–Kier alpha value is -1.70. The van der Waals surface area contributed by atoms with Crippen molar-refractivity contribution in [3.8, 4) is 0 Å². The monoisotopic (exact) mass is 182 g/mol. The van der Waals surface area contributed by atoms with Gasteiger partial charge < -0.3 is 0 Å². The topological polar surface area (TPSA) is 84.9 Å². The summed E-state index contributed by atoms with van der Waals surface area (Å²) in [6.07, 6.45) is 2.77. The molecule has 1 aromatic rings. The Morgan fingerprint density at radius 3 is 2.92 bits per heavy atom. The van der Waals surface area contributed by atoms with Crippen molar-refractivity contribution in [2.75, 3.05) is 0 Å². The first-order chi connectivity index (χ1) is 5.90. The van der Waals surface area contributed by atoms with Gasteiger partial charge in [-0.2, -0.15) is 14.8 Å². The molecule has 1 aromatic heterocycles. The van der Waals surface area contributed by atoms with Crippen LogP contribution in [-0.2, 0) is 11.3 Å². The Morgan fingerprint density at radius 1 is 1.42 bits per heavy atom. The first-order valence-corrected chi connectivity index (χ1v) is 3.66. The summed E-state index contributed by atoms with van der Waals surface area (Å²) >= 11 is 0.191. The quantitative estimate of drug-likeness (QED) is 0.494. The molecule has 1 aliphatic rings. The van der Waals surface area contributed by atoms with Crippen molar-refractivity contribution in [2.45, 2.75) is 0 Å². The van der Waals surface area contributed by atoms with E-state index in [4.69, 9.17) is 0 Å². The van der Waals surface area contributed by atoms with Crippen LogP contribution in [0.1, 0.15) is 0 Å². The Morgan fingerprint density at radius 2 is 2.33 bits per heavy atom. The third-order valence-corrected chi connectivity index (χ3v) is 1.44. The van der Waals surface area contributed by atoms with Crippen LogP contribution in [0.4, 0.5) is 0 Å². The molecule has 0 radical (unpaired) electrons. The van der Waals surface area contributed by atoms with Gasteiger partial charge in [-0.1, -0.05) is 0 Å². The van der Waals surface area contributed by atoms with Crippen molar-refractivity contribution in [2.24, 2.45) is 15.2 Å². The van der Waals surface area contributed by atoms with E-state index in [1.165, 1.54) is 17.3 Å². The fraction of sp³-hybridized carbons (Fsp3) is 0. The molecule has 0 fully saturated rings. The van der Waals surface area contributed by atoms with Crippen molar-refractivity contribution in [1.82, 2.24) is 14.8 Å². The summed E-state index contributed by atoms with van der Waals surface area (Å²) in [5, 5.41) is 10.9. The second-order valence-corrected chi connectivity index (χ2v) is 2.35. The Kier molecular flexibility index (Phi) is 1.59. The summed E-state index contributed by atoms with van der Waals surface area (Å²) in [5.74, 6) is 0.255. The average molecular weight is 182 g/mol. The Balaban J connectivity index is 2.41. The first-order valence-electron chi connectivity index (χ1n) is 2.92. The molecule has 0 saturated carbocycles. The summed E-state index contributed by atoms with van der Waals surface area (Å²) in [7, 11) is 0. The summed E-state index contributed by atoms with van der Waals surface area (Å²) in [6, 6.07) is 0. The molecule has 0 aliphatic carbocycles. The Bertz CT molecular complexity index is 399. The fourth-order valence-electron chi connectivity index (χ4n) is 0.662. The predicted octanol–water partition coefficient (Wildman–Crippen LogP) is -0.752. The van der Waals surface area contributed by atoms with Crippen molar-refractivity contribution in [1.29, 1.82) is 0 Å². The first kappa shape index (κ1) is 6.98. The van der Waals surface area contributed by atoms with E-state index < -0.39 is 0 Å². The van der Waals surface area contributed by atoms with Gasteiger partial charge >= 0.3 is 0 Å². The van der Waals surface area contributed by atoms with E-state index in [0.29, 0.717) is 0 Å². The highest BCUT2D eigenvalue weighted by atomic mass is 32.1. The van der Waals surface area contributed by atoms with Crippen LogP contribution < -0.4 is 0 Å². The smallest absolute Gasteiger partial charge is 0.223 e. The second kappa shape index (κ2) is 2.74. The molecule has 0 unspecified atom stereocenters. The lowest BCUT2D eigenvalue weighted by Gasteiger charge is -1.88. The van der Waals surface area contributed by atoms with Crippen LogP contribution in [0.3, 0.4) is 0 Å². The van der Waals surface area contributed by atoms with Crippen LogP contribution in [0, 0.1) is 0 Å². The zero-order chi connectivity index (χ0) is 8.39. The maximum Gasteiger partial charge on any atom is 0.274 e. The highest BCUT2D eigenvalue weighted by Gasteiger charge is 2.10. The zero-order valence-electron chi connectivity index (χ0n) is 5.65. The van der Waals surface area contributed by atoms with Crippen LogP contribution in [0.25, 0.3) is 0 Å². The summed E-state index contributed by atoms with van der Waals surface area (Å²) in [5.41, 5.74) is 0. The van der Waals surface area contributed by atoms with E-state index in [2.05, 4.69) is 25.3 Å². The summed E-state index contributed by atoms with van der Waals surface area (Å²) < 4.78 is 11.5. The number of hydrogen-bond donors (Lipinski definition) is 0. The minimum Gasteiger partial charge on any atom is -0.223 e. The number of hydrogen-bond acceptors (Lipinski definition) is 4. The SMILES string of the molecule is O=S=C1N=NC(n2cncn2)=N1. The standard InChI is InChI=1S/C4H2N6OS/c11-12-4-7-3(8-9-4)10-2-5-1-6-10/h1-2H. The van der Waals surface area contributed by atoms with E-state index in [0.717, 1.165) is 0 Å². The van der Waals surface area contributed by atoms with Crippen LogP contribution in [0.15, 0.2) is 27.9 Å². The van der Waals surface area contributed by atoms with Gasteiger partial charge in [0.2, 0.25) is 0 Å². The molecular formula is C4H2N6OS. The summed E-state index contributed by atoms with van der Waals surface area (Å²) in [6.45, 7) is 0. The molecule has 1 aliphatic heterocycles. The number of azo groups is 1. The van der Waals surface area contributed by atoms with Gasteiger partial charge in [0.15, 0.2) is 0 Å². The number of aliphatic imine (C=N–C) groups is 1. The molecule has 0 N–H and O–H groups in total. The van der Waals surface area contributed by atoms with Gasteiger partial charge in [0.05, 0.1) is 0 Å².